The number of aliphatic hydroxyl groups excluding tert-OH is 1. The van der Waals surface area contributed by atoms with Crippen molar-refractivity contribution in [3.63, 3.8) is 0 Å². The van der Waals surface area contributed by atoms with Crippen molar-refractivity contribution in [3.8, 4) is 11.8 Å². The first kappa shape index (κ1) is 16.0. The molecule has 0 aliphatic rings. The Morgan fingerprint density at radius 2 is 1.70 bits per heavy atom. The number of benzene rings is 1. The van der Waals surface area contributed by atoms with Gasteiger partial charge in [0.25, 0.3) is 0 Å². The van der Waals surface area contributed by atoms with Crippen LogP contribution in [-0.4, -0.2) is 11.7 Å². The maximum absolute atomic E-state index is 8.62. The van der Waals surface area contributed by atoms with Crippen molar-refractivity contribution >= 4 is 6.08 Å². The van der Waals surface area contributed by atoms with Crippen LogP contribution in [0.3, 0.4) is 0 Å². The van der Waals surface area contributed by atoms with E-state index in [-0.39, 0.29) is 6.61 Å². The standard InChI is InChI=1S/C19H22O/c20-18-14-9-7-5-3-1-2-4-6-8-11-15-19-16-12-10-13-17-19/h2,4,6,8,10-13,15-17,20H,5,7,9,14,18H2/b4-2-,8-6+,15-11+. The van der Waals surface area contributed by atoms with Gasteiger partial charge in [-0.1, -0.05) is 79.0 Å². The lowest BCUT2D eigenvalue weighted by atomic mass is 10.2. The highest BCUT2D eigenvalue weighted by Crippen LogP contribution is 2.00. The van der Waals surface area contributed by atoms with Crippen molar-refractivity contribution in [1.29, 1.82) is 0 Å². The van der Waals surface area contributed by atoms with E-state index < -0.39 is 0 Å². The van der Waals surface area contributed by atoms with Crippen LogP contribution in [0.15, 0.2) is 60.7 Å². The van der Waals surface area contributed by atoms with E-state index >= 15 is 0 Å². The molecular weight excluding hydrogens is 244 g/mol. The molecule has 0 saturated heterocycles. The molecule has 1 nitrogen and oxygen atoms in total. The number of aliphatic hydroxyl groups is 1. The molecule has 1 aromatic carbocycles. The molecule has 0 spiro atoms. The minimum absolute atomic E-state index is 0.286. The Morgan fingerprint density at radius 3 is 2.50 bits per heavy atom. The van der Waals surface area contributed by atoms with Crippen LogP contribution >= 0.6 is 0 Å². The lowest BCUT2D eigenvalue weighted by Crippen LogP contribution is -1.81. The zero-order valence-corrected chi connectivity index (χ0v) is 11.8. The van der Waals surface area contributed by atoms with Crippen molar-refractivity contribution in [2.24, 2.45) is 0 Å². The fourth-order valence-corrected chi connectivity index (χ4v) is 1.60. The average Bonchev–Trinajstić information content (AvgIpc) is 2.49. The van der Waals surface area contributed by atoms with E-state index in [1.54, 1.807) is 0 Å². The predicted octanol–water partition coefficient (Wildman–Crippen LogP) is 4.37. The summed E-state index contributed by atoms with van der Waals surface area (Å²) in [6.07, 6.45) is 15.8. The highest BCUT2D eigenvalue weighted by Gasteiger charge is 1.83. The van der Waals surface area contributed by atoms with E-state index in [4.69, 9.17) is 5.11 Å². The maximum Gasteiger partial charge on any atom is 0.0431 e. The zero-order valence-electron chi connectivity index (χ0n) is 11.8. The summed E-state index contributed by atoms with van der Waals surface area (Å²) in [5.41, 5.74) is 1.20. The first-order chi connectivity index (χ1) is 9.93. The third-order valence-corrected chi connectivity index (χ3v) is 2.66. The van der Waals surface area contributed by atoms with Gasteiger partial charge >= 0.3 is 0 Å². The lowest BCUT2D eigenvalue weighted by molar-refractivity contribution is 0.283. The topological polar surface area (TPSA) is 20.2 Å². The summed E-state index contributed by atoms with van der Waals surface area (Å²) >= 11 is 0. The first-order valence-corrected chi connectivity index (χ1v) is 7.07. The Labute approximate surface area is 122 Å². The molecule has 1 rings (SSSR count). The Hall–Kier alpha value is -2.04. The SMILES string of the molecule is OCCCCCC#C\C=C/C=C/C=C/c1ccccc1. The summed E-state index contributed by atoms with van der Waals surface area (Å²) in [5, 5.41) is 8.62. The fourth-order valence-electron chi connectivity index (χ4n) is 1.60. The van der Waals surface area contributed by atoms with Gasteiger partial charge in [-0.05, 0) is 24.5 Å². The smallest absolute Gasteiger partial charge is 0.0431 e. The molecule has 0 bridgehead atoms. The van der Waals surface area contributed by atoms with Crippen LogP contribution in [-0.2, 0) is 0 Å². The minimum atomic E-state index is 0.286. The Balaban J connectivity index is 2.16. The summed E-state index contributed by atoms with van der Waals surface area (Å²) < 4.78 is 0. The number of allylic oxidation sites excluding steroid dienone is 5. The molecule has 0 unspecified atom stereocenters. The van der Waals surface area contributed by atoms with Crippen molar-refractivity contribution in [3.05, 3.63) is 66.3 Å². The Bertz CT molecular complexity index is 483. The average molecular weight is 266 g/mol. The molecule has 1 aromatic rings. The summed E-state index contributed by atoms with van der Waals surface area (Å²) in [5.74, 6) is 6.09. The van der Waals surface area contributed by atoms with E-state index in [9.17, 15) is 0 Å². The molecule has 20 heavy (non-hydrogen) atoms. The van der Waals surface area contributed by atoms with Gasteiger partial charge in [0.05, 0.1) is 0 Å². The van der Waals surface area contributed by atoms with E-state index in [1.807, 2.05) is 48.6 Å². The van der Waals surface area contributed by atoms with Gasteiger partial charge in [-0.3, -0.25) is 0 Å². The van der Waals surface area contributed by atoms with E-state index in [0.717, 1.165) is 25.7 Å². The molecule has 0 saturated carbocycles. The van der Waals surface area contributed by atoms with Crippen LogP contribution in [0.2, 0.25) is 0 Å². The van der Waals surface area contributed by atoms with Gasteiger partial charge in [-0.25, -0.2) is 0 Å². The number of rotatable bonds is 7. The molecule has 1 N–H and O–H groups in total. The summed E-state index contributed by atoms with van der Waals surface area (Å²) in [6.45, 7) is 0.286. The molecule has 0 aliphatic carbocycles. The van der Waals surface area contributed by atoms with Gasteiger partial charge in [0, 0.05) is 13.0 Å². The van der Waals surface area contributed by atoms with Crippen LogP contribution in [0.1, 0.15) is 31.2 Å². The number of hydrogen-bond donors (Lipinski definition) is 1. The molecule has 0 heterocycles. The van der Waals surface area contributed by atoms with Crippen molar-refractivity contribution < 1.29 is 5.11 Å². The second kappa shape index (κ2) is 12.0. The van der Waals surface area contributed by atoms with Gasteiger partial charge in [-0.15, -0.1) is 0 Å². The molecule has 0 aliphatic heterocycles. The highest BCUT2D eigenvalue weighted by atomic mass is 16.2. The van der Waals surface area contributed by atoms with Crippen LogP contribution in [0, 0.1) is 11.8 Å². The molecule has 0 amide bonds. The molecule has 0 atom stereocenters. The second-order valence-electron chi connectivity index (χ2n) is 4.37. The second-order valence-corrected chi connectivity index (χ2v) is 4.37. The van der Waals surface area contributed by atoms with Gasteiger partial charge in [-0.2, -0.15) is 0 Å². The van der Waals surface area contributed by atoms with E-state index in [2.05, 4.69) is 30.0 Å². The summed E-state index contributed by atoms with van der Waals surface area (Å²) in [6, 6.07) is 10.2. The largest absolute Gasteiger partial charge is 0.396 e. The Kier molecular flexibility index (Phi) is 9.62. The van der Waals surface area contributed by atoms with E-state index in [1.165, 1.54) is 5.56 Å². The minimum Gasteiger partial charge on any atom is -0.396 e. The van der Waals surface area contributed by atoms with Crippen LogP contribution < -0.4 is 0 Å². The van der Waals surface area contributed by atoms with Gasteiger partial charge in [0.15, 0.2) is 0 Å². The quantitative estimate of drug-likeness (QED) is 0.441. The van der Waals surface area contributed by atoms with Crippen molar-refractivity contribution in [2.75, 3.05) is 6.61 Å². The van der Waals surface area contributed by atoms with Gasteiger partial charge in [0.1, 0.15) is 0 Å². The molecule has 0 fully saturated rings. The molecule has 104 valence electrons. The molecule has 0 radical (unpaired) electrons. The molecule has 0 aromatic heterocycles. The van der Waals surface area contributed by atoms with Crippen LogP contribution in [0.25, 0.3) is 6.08 Å². The normalized spacial score (nSPS) is 11.2. The monoisotopic (exact) mass is 266 g/mol. The maximum atomic E-state index is 8.62. The van der Waals surface area contributed by atoms with Crippen LogP contribution in [0.5, 0.6) is 0 Å². The summed E-state index contributed by atoms with van der Waals surface area (Å²) in [4.78, 5) is 0. The van der Waals surface area contributed by atoms with Gasteiger partial charge in [0.2, 0.25) is 0 Å². The Morgan fingerprint density at radius 1 is 0.900 bits per heavy atom. The predicted molar refractivity (Wildman–Crippen MR) is 87.1 cm³/mol. The van der Waals surface area contributed by atoms with Gasteiger partial charge < -0.3 is 5.11 Å². The highest BCUT2D eigenvalue weighted by molar-refractivity contribution is 5.50. The summed E-state index contributed by atoms with van der Waals surface area (Å²) in [7, 11) is 0. The number of unbranched alkanes of at least 4 members (excludes halogenated alkanes) is 3. The first-order valence-electron chi connectivity index (χ1n) is 7.07. The fraction of sp³-hybridized carbons (Fsp3) is 0.263. The number of hydrogen-bond acceptors (Lipinski definition) is 1. The third kappa shape index (κ3) is 8.97. The van der Waals surface area contributed by atoms with Crippen molar-refractivity contribution in [1.82, 2.24) is 0 Å². The van der Waals surface area contributed by atoms with Crippen LogP contribution in [0.4, 0.5) is 0 Å². The zero-order chi connectivity index (χ0) is 14.3. The van der Waals surface area contributed by atoms with E-state index in [0.29, 0.717) is 0 Å². The molecule has 1 heteroatoms. The lowest BCUT2D eigenvalue weighted by Gasteiger charge is -1.90. The third-order valence-electron chi connectivity index (χ3n) is 2.66. The van der Waals surface area contributed by atoms with Crippen molar-refractivity contribution in [2.45, 2.75) is 25.7 Å². The molecular formula is C19H22O.